The quantitative estimate of drug-likeness (QED) is 0.451. The second-order valence-corrected chi connectivity index (χ2v) is 1.40. The molecule has 0 aromatic carbocycles. The summed E-state index contributed by atoms with van der Waals surface area (Å²) in [4.78, 5) is 9.60. The summed E-state index contributed by atoms with van der Waals surface area (Å²) in [6.45, 7) is 12.5. The topological polar surface area (TPSA) is 57.5 Å². The molecular formula is C8H16O3. The van der Waals surface area contributed by atoms with Crippen LogP contribution in [0.15, 0.2) is 25.3 Å². The van der Waals surface area contributed by atoms with E-state index in [0.29, 0.717) is 0 Å². The van der Waals surface area contributed by atoms with Gasteiger partial charge in [0.25, 0.3) is 0 Å². The van der Waals surface area contributed by atoms with E-state index in [1.807, 2.05) is 0 Å². The molecule has 0 spiro atoms. The van der Waals surface area contributed by atoms with E-state index in [-0.39, 0.29) is 12.2 Å². The maximum absolute atomic E-state index is 9.60. The van der Waals surface area contributed by atoms with Gasteiger partial charge in [-0.05, 0) is 13.8 Å². The van der Waals surface area contributed by atoms with Crippen LogP contribution in [0.3, 0.4) is 0 Å². The van der Waals surface area contributed by atoms with Crippen molar-refractivity contribution in [3.63, 3.8) is 0 Å². The summed E-state index contributed by atoms with van der Waals surface area (Å²) in [5.41, 5.74) is 0.176. The largest absolute Gasteiger partial charge is 0.478 e. The molecule has 0 rings (SSSR count). The van der Waals surface area contributed by atoms with Crippen LogP contribution < -0.4 is 0 Å². The maximum atomic E-state index is 9.60. The van der Waals surface area contributed by atoms with Gasteiger partial charge in [-0.2, -0.15) is 0 Å². The fourth-order valence-corrected chi connectivity index (χ4v) is 0. The normalized spacial score (nSPS) is 6.09. The van der Waals surface area contributed by atoms with Gasteiger partial charge < -0.3 is 10.2 Å². The molecule has 0 heterocycles. The summed E-state index contributed by atoms with van der Waals surface area (Å²) in [7, 11) is 0. The van der Waals surface area contributed by atoms with Crippen LogP contribution >= 0.6 is 0 Å². The van der Waals surface area contributed by atoms with E-state index in [1.54, 1.807) is 6.92 Å². The average Bonchev–Trinajstić information content (AvgIpc) is 1.93. The number of aliphatic hydroxyl groups is 1. The van der Waals surface area contributed by atoms with Crippen LogP contribution in [0, 0.1) is 0 Å². The molecule has 0 aliphatic heterocycles. The van der Waals surface area contributed by atoms with Crippen molar-refractivity contribution in [2.45, 2.75) is 13.8 Å². The van der Waals surface area contributed by atoms with Crippen LogP contribution in [-0.4, -0.2) is 22.8 Å². The third-order valence-corrected chi connectivity index (χ3v) is 0.365. The fourth-order valence-electron chi connectivity index (χ4n) is 0. The van der Waals surface area contributed by atoms with Gasteiger partial charge in [-0.15, -0.1) is 13.2 Å². The first kappa shape index (κ1) is 16.5. The Morgan fingerprint density at radius 1 is 1.45 bits per heavy atom. The van der Waals surface area contributed by atoms with Gasteiger partial charge in [0.15, 0.2) is 0 Å². The number of rotatable bonds is 1. The van der Waals surface area contributed by atoms with Crippen LogP contribution in [0.25, 0.3) is 0 Å². The molecule has 2 N–H and O–H groups in total. The molecule has 0 fully saturated rings. The zero-order valence-electron chi connectivity index (χ0n) is 7.13. The Kier molecular flexibility index (Phi) is 23.9. The Bertz CT molecular complexity index is 95.9. The molecule has 0 radical (unpaired) electrons. The number of carboxylic acids is 1. The lowest BCUT2D eigenvalue weighted by Gasteiger charge is -1.79. The third kappa shape index (κ3) is 50.2. The molecular weight excluding hydrogens is 144 g/mol. The van der Waals surface area contributed by atoms with Crippen LogP contribution in [0.4, 0.5) is 0 Å². The van der Waals surface area contributed by atoms with Gasteiger partial charge in [-0.25, -0.2) is 4.79 Å². The smallest absolute Gasteiger partial charge is 0.330 e. The SMILES string of the molecule is C=C.C=C(C)C(=O)O.CCO. The van der Waals surface area contributed by atoms with Gasteiger partial charge in [-0.3, -0.25) is 0 Å². The van der Waals surface area contributed by atoms with Gasteiger partial charge in [0, 0.05) is 12.2 Å². The number of aliphatic carboxylic acids is 1. The molecule has 3 heteroatoms. The molecule has 66 valence electrons. The van der Waals surface area contributed by atoms with Gasteiger partial charge in [0.05, 0.1) is 0 Å². The van der Waals surface area contributed by atoms with Gasteiger partial charge >= 0.3 is 5.97 Å². The van der Waals surface area contributed by atoms with Gasteiger partial charge in [-0.1, -0.05) is 6.58 Å². The molecule has 0 bridgehead atoms. The standard InChI is InChI=1S/C4H6O2.C2H6O.C2H4/c1-3(2)4(5)6;1-2-3;1-2/h1H2,2H3,(H,5,6);3H,2H2,1H3;1-2H2. The minimum atomic E-state index is -0.935. The van der Waals surface area contributed by atoms with Gasteiger partial charge in [0.2, 0.25) is 0 Å². The first-order chi connectivity index (χ1) is 5.06. The van der Waals surface area contributed by atoms with E-state index in [2.05, 4.69) is 19.7 Å². The Morgan fingerprint density at radius 2 is 1.55 bits per heavy atom. The van der Waals surface area contributed by atoms with Crippen LogP contribution in [-0.2, 0) is 4.79 Å². The minimum absolute atomic E-state index is 0.176. The first-order valence-electron chi connectivity index (χ1n) is 3.05. The zero-order valence-corrected chi connectivity index (χ0v) is 7.13. The Hall–Kier alpha value is -1.09. The number of carboxylic acid groups (broad SMARTS) is 1. The van der Waals surface area contributed by atoms with Crippen molar-refractivity contribution in [3.8, 4) is 0 Å². The number of hydrogen-bond acceptors (Lipinski definition) is 2. The van der Waals surface area contributed by atoms with Crippen molar-refractivity contribution >= 4 is 5.97 Å². The molecule has 0 atom stereocenters. The van der Waals surface area contributed by atoms with E-state index >= 15 is 0 Å². The van der Waals surface area contributed by atoms with E-state index in [1.165, 1.54) is 6.92 Å². The molecule has 0 aliphatic carbocycles. The summed E-state index contributed by atoms with van der Waals surface area (Å²) >= 11 is 0. The molecule has 11 heavy (non-hydrogen) atoms. The molecule has 0 aromatic heterocycles. The molecule has 3 nitrogen and oxygen atoms in total. The lowest BCUT2D eigenvalue weighted by Crippen LogP contribution is -1.92. The number of aliphatic hydroxyl groups excluding tert-OH is 1. The summed E-state index contributed by atoms with van der Waals surface area (Å²) < 4.78 is 0. The maximum Gasteiger partial charge on any atom is 0.330 e. The molecule has 0 aliphatic rings. The lowest BCUT2D eigenvalue weighted by atomic mass is 10.4. The van der Waals surface area contributed by atoms with Crippen molar-refractivity contribution in [2.24, 2.45) is 0 Å². The highest BCUT2D eigenvalue weighted by molar-refractivity contribution is 5.84. The zero-order chi connectivity index (χ0) is 9.86. The highest BCUT2D eigenvalue weighted by Gasteiger charge is 1.90. The van der Waals surface area contributed by atoms with E-state index in [0.717, 1.165) is 0 Å². The van der Waals surface area contributed by atoms with Crippen LogP contribution in [0.1, 0.15) is 13.8 Å². The molecule has 0 saturated carbocycles. The molecule has 0 aromatic rings. The van der Waals surface area contributed by atoms with Crippen molar-refractivity contribution in [1.82, 2.24) is 0 Å². The summed E-state index contributed by atoms with van der Waals surface area (Å²) in [5.74, 6) is -0.935. The number of carbonyl (C=O) groups is 1. The highest BCUT2D eigenvalue weighted by atomic mass is 16.4. The Labute approximate surface area is 67.7 Å². The predicted molar refractivity (Wildman–Crippen MR) is 46.5 cm³/mol. The second-order valence-electron chi connectivity index (χ2n) is 1.40. The summed E-state index contributed by atoms with van der Waals surface area (Å²) in [5, 5.41) is 15.5. The fraction of sp³-hybridized carbons (Fsp3) is 0.375. The van der Waals surface area contributed by atoms with Crippen LogP contribution in [0.2, 0.25) is 0 Å². The van der Waals surface area contributed by atoms with E-state index in [4.69, 9.17) is 10.2 Å². The van der Waals surface area contributed by atoms with Gasteiger partial charge in [0.1, 0.15) is 0 Å². The van der Waals surface area contributed by atoms with Crippen molar-refractivity contribution in [2.75, 3.05) is 6.61 Å². The Balaban J connectivity index is -0.000000109. The summed E-state index contributed by atoms with van der Waals surface area (Å²) in [6, 6.07) is 0. The minimum Gasteiger partial charge on any atom is -0.478 e. The molecule has 0 unspecified atom stereocenters. The van der Waals surface area contributed by atoms with Crippen molar-refractivity contribution in [3.05, 3.63) is 25.3 Å². The lowest BCUT2D eigenvalue weighted by molar-refractivity contribution is -0.132. The number of hydrogen-bond donors (Lipinski definition) is 2. The first-order valence-corrected chi connectivity index (χ1v) is 3.05. The second kappa shape index (κ2) is 16.0. The third-order valence-electron chi connectivity index (χ3n) is 0.365. The monoisotopic (exact) mass is 160 g/mol. The van der Waals surface area contributed by atoms with Crippen LogP contribution in [0.5, 0.6) is 0 Å². The molecule has 0 saturated heterocycles. The highest BCUT2D eigenvalue weighted by Crippen LogP contribution is 1.81. The van der Waals surface area contributed by atoms with Crippen molar-refractivity contribution < 1.29 is 15.0 Å². The predicted octanol–water partition coefficient (Wildman–Crippen LogP) is 1.45. The van der Waals surface area contributed by atoms with Crippen molar-refractivity contribution in [1.29, 1.82) is 0 Å². The molecule has 0 amide bonds. The average molecular weight is 160 g/mol. The van der Waals surface area contributed by atoms with E-state index in [9.17, 15) is 4.79 Å². The summed E-state index contributed by atoms with van der Waals surface area (Å²) in [6.07, 6.45) is 0. The Morgan fingerprint density at radius 3 is 1.55 bits per heavy atom. The van der Waals surface area contributed by atoms with E-state index < -0.39 is 5.97 Å².